The van der Waals surface area contributed by atoms with E-state index in [1.807, 2.05) is 0 Å². The largest absolute Gasteiger partial charge is 0.479 e. The quantitative estimate of drug-likeness (QED) is 0.161. The third-order valence-electron chi connectivity index (χ3n) is 5.63. The van der Waals surface area contributed by atoms with Gasteiger partial charge in [-0.3, -0.25) is 0 Å². The van der Waals surface area contributed by atoms with E-state index in [0.29, 0.717) is 0 Å². The van der Waals surface area contributed by atoms with Crippen molar-refractivity contribution in [2.24, 2.45) is 0 Å². The van der Waals surface area contributed by atoms with Crippen LogP contribution in [0.4, 0.5) is 0 Å². The maximum atomic E-state index is 11.2. The summed E-state index contributed by atoms with van der Waals surface area (Å²) in [6.07, 6.45) is -27.1. The number of aliphatic hydroxyl groups is 8. The highest BCUT2D eigenvalue weighted by atomic mass is 16.7. The molecule has 0 unspecified atom stereocenters. The minimum absolute atomic E-state index is 0.608. The van der Waals surface area contributed by atoms with Gasteiger partial charge in [-0.05, 0) is 0 Å². The van der Waals surface area contributed by atoms with Crippen molar-refractivity contribution in [3.63, 3.8) is 0 Å². The molecule has 0 bridgehead atoms. The Morgan fingerprint density at radius 2 is 1.18 bits per heavy atom. The highest BCUT2D eigenvalue weighted by molar-refractivity contribution is 5.73. The van der Waals surface area contributed by atoms with E-state index in [9.17, 15) is 50.4 Å². The van der Waals surface area contributed by atoms with Crippen LogP contribution < -0.4 is 0 Å². The first-order chi connectivity index (χ1) is 15.8. The fraction of sp³-hybridized carbons (Fsp3) is 0.882. The fourth-order valence-corrected chi connectivity index (χ4v) is 3.75. The minimum atomic E-state index is -2.08. The van der Waals surface area contributed by atoms with Crippen LogP contribution in [0.3, 0.4) is 0 Å². The Hall–Kier alpha value is -1.58. The number of ether oxygens (including phenoxy) is 5. The molecule has 3 aliphatic rings. The number of aliphatic carboxylic acids is 2. The summed E-state index contributed by atoms with van der Waals surface area (Å²) in [5.41, 5.74) is 0. The molecule has 0 aromatic carbocycles. The van der Waals surface area contributed by atoms with Crippen molar-refractivity contribution >= 4 is 11.9 Å². The molecular formula is C17H26O17. The van der Waals surface area contributed by atoms with Gasteiger partial charge in [-0.2, -0.15) is 0 Å². The van der Waals surface area contributed by atoms with Crippen LogP contribution in [0.15, 0.2) is 0 Å². The normalized spacial score (nSPS) is 50.0. The second-order valence-electron chi connectivity index (χ2n) is 7.96. The van der Waals surface area contributed by atoms with Gasteiger partial charge in [0.2, 0.25) is 0 Å². The molecule has 0 spiro atoms. The average Bonchev–Trinajstić information content (AvgIpc) is 2.77. The van der Waals surface area contributed by atoms with E-state index in [4.69, 9.17) is 29.2 Å². The monoisotopic (exact) mass is 502 g/mol. The van der Waals surface area contributed by atoms with Crippen LogP contribution in [0.5, 0.6) is 0 Å². The predicted molar refractivity (Wildman–Crippen MR) is 96.3 cm³/mol. The van der Waals surface area contributed by atoms with Gasteiger partial charge in [-0.1, -0.05) is 0 Å². The topological polar surface area (TPSA) is 283 Å². The summed E-state index contributed by atoms with van der Waals surface area (Å²) in [4.78, 5) is 22.4. The lowest BCUT2D eigenvalue weighted by Gasteiger charge is -2.45. The standard InChI is InChI=1S/C17H26O17/c18-2-1-30-16(33-10-6(22)12(14(27)28)31-15(29)7(10)23)8(24)9(2)32-17-5(21)3(19)4(20)11(34-17)13(25)26/h2-12,15-24,29H,1H2,(H,25,26)(H,27,28)/t2-,3+,4+,5-,6+,7-,8-,9+,10+,11+,12+,15-,16-,17-/m1/s1. The van der Waals surface area contributed by atoms with Crippen LogP contribution in [0.2, 0.25) is 0 Å². The second kappa shape index (κ2) is 10.6. The molecule has 14 atom stereocenters. The van der Waals surface area contributed by atoms with Crippen LogP contribution in [0.25, 0.3) is 0 Å². The zero-order valence-corrected chi connectivity index (χ0v) is 17.1. The Morgan fingerprint density at radius 3 is 1.76 bits per heavy atom. The molecule has 10 N–H and O–H groups in total. The van der Waals surface area contributed by atoms with Gasteiger partial charge in [0.1, 0.15) is 54.9 Å². The van der Waals surface area contributed by atoms with E-state index in [0.717, 1.165) is 0 Å². The van der Waals surface area contributed by atoms with E-state index in [2.05, 4.69) is 4.74 Å². The molecule has 0 saturated carbocycles. The van der Waals surface area contributed by atoms with Crippen LogP contribution in [-0.4, -0.2) is 156 Å². The lowest BCUT2D eigenvalue weighted by atomic mass is 9.97. The smallest absolute Gasteiger partial charge is 0.335 e. The molecule has 3 rings (SSSR count). The summed E-state index contributed by atoms with van der Waals surface area (Å²) >= 11 is 0. The van der Waals surface area contributed by atoms with Crippen molar-refractivity contribution in [2.45, 2.75) is 86.0 Å². The summed E-state index contributed by atoms with van der Waals surface area (Å²) in [5, 5.41) is 98.5. The lowest BCUT2D eigenvalue weighted by Crippen LogP contribution is -2.65. The van der Waals surface area contributed by atoms with Crippen LogP contribution in [0.1, 0.15) is 0 Å². The summed E-state index contributed by atoms with van der Waals surface area (Å²) < 4.78 is 25.1. The number of carboxylic acids is 2. The van der Waals surface area contributed by atoms with Crippen LogP contribution in [-0.2, 0) is 33.3 Å². The zero-order valence-electron chi connectivity index (χ0n) is 17.1. The molecule has 3 fully saturated rings. The average molecular weight is 502 g/mol. The Morgan fingerprint density at radius 1 is 0.618 bits per heavy atom. The van der Waals surface area contributed by atoms with E-state index in [1.54, 1.807) is 0 Å². The number of rotatable bonds is 6. The zero-order chi connectivity index (χ0) is 25.5. The van der Waals surface area contributed by atoms with E-state index in [1.165, 1.54) is 0 Å². The number of carbonyl (C=O) groups is 2. The maximum absolute atomic E-state index is 11.2. The maximum Gasteiger partial charge on any atom is 0.335 e. The minimum Gasteiger partial charge on any atom is -0.479 e. The van der Waals surface area contributed by atoms with Gasteiger partial charge < -0.3 is 74.7 Å². The molecule has 3 saturated heterocycles. The molecular weight excluding hydrogens is 476 g/mol. The van der Waals surface area contributed by atoms with Crippen molar-refractivity contribution < 1.29 is 84.3 Å². The predicted octanol–water partition coefficient (Wildman–Crippen LogP) is -6.75. The Labute approximate surface area is 189 Å². The van der Waals surface area contributed by atoms with Gasteiger partial charge >= 0.3 is 11.9 Å². The summed E-state index contributed by atoms with van der Waals surface area (Å²) in [7, 11) is 0. The fourth-order valence-electron chi connectivity index (χ4n) is 3.75. The second-order valence-corrected chi connectivity index (χ2v) is 7.96. The molecule has 0 amide bonds. The lowest BCUT2D eigenvalue weighted by molar-refractivity contribution is -0.363. The Balaban J connectivity index is 1.73. The van der Waals surface area contributed by atoms with Crippen LogP contribution in [0, 0.1) is 0 Å². The van der Waals surface area contributed by atoms with Crippen molar-refractivity contribution in [1.82, 2.24) is 0 Å². The molecule has 0 aliphatic carbocycles. The van der Waals surface area contributed by atoms with Crippen molar-refractivity contribution in [1.29, 1.82) is 0 Å². The molecule has 3 heterocycles. The molecule has 0 aromatic rings. The van der Waals surface area contributed by atoms with E-state index < -0.39 is 105 Å². The highest BCUT2D eigenvalue weighted by Gasteiger charge is 2.53. The van der Waals surface area contributed by atoms with Crippen LogP contribution >= 0.6 is 0 Å². The van der Waals surface area contributed by atoms with Gasteiger partial charge in [0.25, 0.3) is 0 Å². The summed E-state index contributed by atoms with van der Waals surface area (Å²) in [6.45, 7) is -0.608. The van der Waals surface area contributed by atoms with Crippen molar-refractivity contribution in [3.8, 4) is 0 Å². The van der Waals surface area contributed by atoms with Gasteiger partial charge in [-0.25, -0.2) is 9.59 Å². The molecule has 196 valence electrons. The number of aliphatic hydroxyl groups excluding tert-OH is 8. The first-order valence-corrected chi connectivity index (χ1v) is 9.98. The van der Waals surface area contributed by atoms with E-state index >= 15 is 0 Å². The molecule has 3 aliphatic heterocycles. The van der Waals surface area contributed by atoms with Gasteiger partial charge in [-0.15, -0.1) is 0 Å². The summed E-state index contributed by atoms with van der Waals surface area (Å²) in [6, 6.07) is 0. The molecule has 34 heavy (non-hydrogen) atoms. The van der Waals surface area contributed by atoms with E-state index in [-0.39, 0.29) is 0 Å². The Bertz CT molecular complexity index is 735. The SMILES string of the molecule is O=C(O)[C@H]1O[C@@H](O[C@@H]2[C@@H](O)[C@@H](O[C@@H]3[C@@H](O)[C@H](O)O[C@H](C(=O)O)[C@H]3O)OC[C@H]2O)[C@H](O)[C@@H](O)[C@@H]1O. The number of hydrogen-bond acceptors (Lipinski definition) is 15. The first-order valence-electron chi connectivity index (χ1n) is 9.98. The summed E-state index contributed by atoms with van der Waals surface area (Å²) in [5.74, 6) is -3.39. The third-order valence-corrected chi connectivity index (χ3v) is 5.63. The Kier molecular flexibility index (Phi) is 8.41. The molecule has 0 aromatic heterocycles. The van der Waals surface area contributed by atoms with Gasteiger partial charge in [0.15, 0.2) is 31.1 Å². The van der Waals surface area contributed by atoms with Gasteiger partial charge in [0.05, 0.1) is 6.61 Å². The van der Waals surface area contributed by atoms with Crippen molar-refractivity contribution in [3.05, 3.63) is 0 Å². The van der Waals surface area contributed by atoms with Crippen molar-refractivity contribution in [2.75, 3.05) is 6.61 Å². The highest BCUT2D eigenvalue weighted by Crippen LogP contribution is 2.30. The molecule has 17 nitrogen and oxygen atoms in total. The third kappa shape index (κ3) is 5.16. The molecule has 0 radical (unpaired) electrons. The first kappa shape index (κ1) is 27.0. The molecule has 17 heteroatoms. The number of carboxylic acid groups (broad SMARTS) is 2. The number of hydrogen-bond donors (Lipinski definition) is 10. The van der Waals surface area contributed by atoms with Gasteiger partial charge in [0, 0.05) is 0 Å².